The van der Waals surface area contributed by atoms with Crippen molar-refractivity contribution in [2.75, 3.05) is 5.32 Å². The van der Waals surface area contributed by atoms with E-state index in [0.29, 0.717) is 10.6 Å². The van der Waals surface area contributed by atoms with Crippen LogP contribution in [0.2, 0.25) is 5.02 Å². The largest absolute Gasteiger partial charge is 0.416 e. The number of halogens is 4. The highest BCUT2D eigenvalue weighted by molar-refractivity contribution is 6.30. The molecule has 0 radical (unpaired) electrons. The van der Waals surface area contributed by atoms with Gasteiger partial charge in [0.2, 0.25) is 0 Å². The summed E-state index contributed by atoms with van der Waals surface area (Å²) >= 11 is 6.10. The van der Waals surface area contributed by atoms with Gasteiger partial charge in [-0.2, -0.15) is 13.2 Å². The second-order valence-electron chi connectivity index (χ2n) is 6.29. The smallest absolute Gasteiger partial charge is 0.378 e. The number of fused-ring (bicyclic) bond motifs is 3. The topological polar surface area (TPSA) is 12.0 Å². The molecule has 1 aliphatic heterocycles. The fourth-order valence-electron chi connectivity index (χ4n) is 3.90. The molecule has 0 saturated carbocycles. The second-order valence-corrected chi connectivity index (χ2v) is 6.73. The lowest BCUT2D eigenvalue weighted by Gasteiger charge is -2.38. The van der Waals surface area contributed by atoms with Gasteiger partial charge in [0.05, 0.1) is 11.6 Å². The van der Waals surface area contributed by atoms with E-state index >= 15 is 0 Å². The van der Waals surface area contributed by atoms with Gasteiger partial charge in [0.15, 0.2) is 0 Å². The minimum Gasteiger partial charge on any atom is -0.378 e. The van der Waals surface area contributed by atoms with E-state index in [9.17, 15) is 13.2 Å². The van der Waals surface area contributed by atoms with Gasteiger partial charge in [-0.1, -0.05) is 42.0 Å². The molecule has 1 aliphatic carbocycles. The molecule has 2 aliphatic rings. The molecule has 5 heteroatoms. The van der Waals surface area contributed by atoms with E-state index in [-0.39, 0.29) is 17.9 Å². The molecule has 0 fully saturated rings. The van der Waals surface area contributed by atoms with E-state index in [1.807, 2.05) is 12.1 Å². The third-order valence-electron chi connectivity index (χ3n) is 4.93. The Morgan fingerprint density at radius 2 is 1.83 bits per heavy atom. The van der Waals surface area contributed by atoms with Crippen LogP contribution in [0.1, 0.15) is 35.1 Å². The third kappa shape index (κ3) is 2.49. The minimum absolute atomic E-state index is 0.0551. The Morgan fingerprint density at radius 3 is 2.62 bits per heavy atom. The second kappa shape index (κ2) is 5.55. The molecule has 0 spiro atoms. The zero-order valence-electron chi connectivity index (χ0n) is 12.6. The standard InChI is InChI=1S/C19H15ClF3N/c20-11-8-9-17-15(10-11)12-5-3-6-13(12)18(24-17)14-4-1-2-7-16(14)19(21,22)23/h1-5,7-10,12-13,18,24H,6H2/t12-,13+,18+/m0/s1. The average molecular weight is 350 g/mol. The van der Waals surface area contributed by atoms with Crippen molar-refractivity contribution in [1.29, 1.82) is 0 Å². The van der Waals surface area contributed by atoms with Crippen molar-refractivity contribution in [3.8, 4) is 0 Å². The zero-order valence-corrected chi connectivity index (χ0v) is 13.4. The highest BCUT2D eigenvalue weighted by Crippen LogP contribution is 2.51. The highest BCUT2D eigenvalue weighted by Gasteiger charge is 2.42. The Labute approximate surface area is 143 Å². The van der Waals surface area contributed by atoms with Crippen LogP contribution in [0, 0.1) is 5.92 Å². The van der Waals surface area contributed by atoms with Crippen molar-refractivity contribution in [3.05, 3.63) is 76.3 Å². The Bertz CT molecular complexity index is 812. The fraction of sp³-hybridized carbons (Fsp3) is 0.263. The van der Waals surface area contributed by atoms with Crippen molar-refractivity contribution < 1.29 is 13.2 Å². The van der Waals surface area contributed by atoms with E-state index in [2.05, 4.69) is 17.5 Å². The Balaban J connectivity index is 1.83. The summed E-state index contributed by atoms with van der Waals surface area (Å²) in [6.07, 6.45) is 0.528. The number of benzene rings is 2. The zero-order chi connectivity index (χ0) is 16.9. The van der Waals surface area contributed by atoms with E-state index in [1.165, 1.54) is 6.07 Å². The van der Waals surface area contributed by atoms with Gasteiger partial charge >= 0.3 is 6.18 Å². The van der Waals surface area contributed by atoms with E-state index < -0.39 is 11.7 Å². The first-order valence-corrected chi connectivity index (χ1v) is 8.22. The molecule has 3 atom stereocenters. The van der Waals surface area contributed by atoms with E-state index in [1.54, 1.807) is 18.2 Å². The molecule has 24 heavy (non-hydrogen) atoms. The molecule has 4 rings (SSSR count). The van der Waals surface area contributed by atoms with Crippen LogP contribution in [0.4, 0.5) is 18.9 Å². The van der Waals surface area contributed by atoms with Crippen LogP contribution >= 0.6 is 11.6 Å². The first-order valence-electron chi connectivity index (χ1n) is 7.84. The average Bonchev–Trinajstić information content (AvgIpc) is 3.03. The molecule has 0 unspecified atom stereocenters. The summed E-state index contributed by atoms with van der Waals surface area (Å²) in [6, 6.07) is 11.0. The van der Waals surface area contributed by atoms with Crippen LogP contribution in [0.25, 0.3) is 0 Å². The maximum atomic E-state index is 13.4. The number of rotatable bonds is 1. The summed E-state index contributed by atoms with van der Waals surface area (Å²) in [5.74, 6) is 0.144. The summed E-state index contributed by atoms with van der Waals surface area (Å²) in [6.45, 7) is 0. The maximum absolute atomic E-state index is 13.4. The Morgan fingerprint density at radius 1 is 1.04 bits per heavy atom. The van der Waals surface area contributed by atoms with Crippen molar-refractivity contribution >= 4 is 17.3 Å². The molecular formula is C19H15ClF3N. The van der Waals surface area contributed by atoms with Gasteiger partial charge in [-0.3, -0.25) is 0 Å². The number of nitrogens with one attached hydrogen (secondary N) is 1. The number of anilines is 1. The summed E-state index contributed by atoms with van der Waals surface area (Å²) in [5.41, 5.74) is 1.66. The van der Waals surface area contributed by atoms with Gasteiger partial charge in [-0.15, -0.1) is 0 Å². The summed E-state index contributed by atoms with van der Waals surface area (Å²) in [5, 5.41) is 3.97. The molecule has 0 bridgehead atoms. The minimum atomic E-state index is -4.36. The number of hydrogen-bond donors (Lipinski definition) is 1. The van der Waals surface area contributed by atoms with Crippen molar-refractivity contribution in [2.45, 2.75) is 24.6 Å². The molecular weight excluding hydrogens is 335 g/mol. The van der Waals surface area contributed by atoms with Gasteiger partial charge in [0.1, 0.15) is 0 Å². The first-order chi connectivity index (χ1) is 11.4. The van der Waals surface area contributed by atoms with E-state index in [4.69, 9.17) is 11.6 Å². The summed E-state index contributed by atoms with van der Waals surface area (Å²) < 4.78 is 40.3. The lowest BCUT2D eigenvalue weighted by Crippen LogP contribution is -2.30. The first kappa shape index (κ1) is 15.6. The van der Waals surface area contributed by atoms with Gasteiger partial charge in [0, 0.05) is 16.6 Å². The fourth-order valence-corrected chi connectivity index (χ4v) is 4.08. The van der Waals surface area contributed by atoms with Gasteiger partial charge < -0.3 is 5.32 Å². The van der Waals surface area contributed by atoms with Crippen molar-refractivity contribution in [3.63, 3.8) is 0 Å². The summed E-state index contributed by atoms with van der Waals surface area (Å²) in [7, 11) is 0. The lowest BCUT2D eigenvalue weighted by molar-refractivity contribution is -0.138. The van der Waals surface area contributed by atoms with E-state index in [0.717, 1.165) is 23.7 Å². The SMILES string of the molecule is FC(F)(F)c1ccccc1[C@@H]1Nc2ccc(Cl)cc2[C@H]2C=CC[C@H]21. The molecule has 2 aromatic carbocycles. The summed E-state index contributed by atoms with van der Waals surface area (Å²) in [4.78, 5) is 0. The predicted octanol–water partition coefficient (Wildman–Crippen LogP) is 6.19. The van der Waals surface area contributed by atoms with Gasteiger partial charge in [0.25, 0.3) is 0 Å². The van der Waals surface area contributed by atoms with Crippen LogP contribution in [-0.2, 0) is 6.18 Å². The Hall–Kier alpha value is -1.94. The monoisotopic (exact) mass is 349 g/mol. The molecule has 0 amide bonds. The molecule has 124 valence electrons. The maximum Gasteiger partial charge on any atom is 0.416 e. The van der Waals surface area contributed by atoms with Crippen LogP contribution in [-0.4, -0.2) is 0 Å². The van der Waals surface area contributed by atoms with Crippen molar-refractivity contribution in [1.82, 2.24) is 0 Å². The van der Waals surface area contributed by atoms with Crippen LogP contribution < -0.4 is 5.32 Å². The third-order valence-corrected chi connectivity index (χ3v) is 5.16. The molecule has 0 aromatic heterocycles. The van der Waals surface area contributed by atoms with Crippen LogP contribution in [0.5, 0.6) is 0 Å². The number of alkyl halides is 3. The molecule has 2 aromatic rings. The number of hydrogen-bond acceptors (Lipinski definition) is 1. The van der Waals surface area contributed by atoms with Crippen LogP contribution in [0.3, 0.4) is 0 Å². The van der Waals surface area contributed by atoms with Crippen LogP contribution in [0.15, 0.2) is 54.6 Å². The Kier molecular flexibility index (Phi) is 3.61. The number of allylic oxidation sites excluding steroid dienone is 2. The molecule has 0 saturated heterocycles. The lowest BCUT2D eigenvalue weighted by atomic mass is 9.76. The molecule has 1 heterocycles. The van der Waals surface area contributed by atoms with Gasteiger partial charge in [-0.05, 0) is 47.7 Å². The molecule has 1 N–H and O–H groups in total. The predicted molar refractivity (Wildman–Crippen MR) is 89.2 cm³/mol. The normalized spacial score (nSPS) is 25.1. The highest BCUT2D eigenvalue weighted by atomic mass is 35.5. The molecule has 1 nitrogen and oxygen atoms in total. The van der Waals surface area contributed by atoms with Gasteiger partial charge in [-0.25, -0.2) is 0 Å². The van der Waals surface area contributed by atoms with Crippen molar-refractivity contribution in [2.24, 2.45) is 5.92 Å². The quantitative estimate of drug-likeness (QED) is 0.606.